The lowest BCUT2D eigenvalue weighted by atomic mass is 10.1. The molecule has 0 fully saturated rings. The number of hydrogen-bond acceptors (Lipinski definition) is 5. The molecule has 0 saturated carbocycles. The highest BCUT2D eigenvalue weighted by Gasteiger charge is 2.12. The van der Waals surface area contributed by atoms with E-state index in [0.29, 0.717) is 33.8 Å². The number of tetrazole rings is 1. The molecule has 132 valence electrons. The maximum Gasteiger partial charge on any atom is 0.209 e. The summed E-state index contributed by atoms with van der Waals surface area (Å²) in [6.07, 6.45) is 1.69. The SMILES string of the molecule is N#Cc1ccc(Cn2nnc(-c3c[nH]n(-c4ccc(F)cc4)c3=S)n2)cc1. The normalized spacial score (nSPS) is 10.7. The second-order valence-corrected chi connectivity index (χ2v) is 6.14. The van der Waals surface area contributed by atoms with Crippen LogP contribution in [0.5, 0.6) is 0 Å². The van der Waals surface area contributed by atoms with Gasteiger partial charge in [-0.2, -0.15) is 10.1 Å². The average molecular weight is 377 g/mol. The number of H-pyrrole nitrogens is 1. The Kier molecular flexibility index (Phi) is 4.32. The fourth-order valence-corrected chi connectivity index (χ4v) is 2.89. The van der Waals surface area contributed by atoms with Gasteiger partial charge in [0.15, 0.2) is 0 Å². The van der Waals surface area contributed by atoms with Crippen molar-refractivity contribution in [3.63, 3.8) is 0 Å². The largest absolute Gasteiger partial charge is 0.299 e. The first kappa shape index (κ1) is 16.8. The van der Waals surface area contributed by atoms with E-state index in [4.69, 9.17) is 17.5 Å². The molecule has 0 aliphatic carbocycles. The van der Waals surface area contributed by atoms with Gasteiger partial charge in [0.2, 0.25) is 5.82 Å². The molecule has 0 radical (unpaired) electrons. The molecule has 0 bridgehead atoms. The molecule has 0 amide bonds. The molecule has 7 nitrogen and oxygen atoms in total. The van der Waals surface area contributed by atoms with Crippen LogP contribution in [0.4, 0.5) is 4.39 Å². The Morgan fingerprint density at radius 3 is 2.56 bits per heavy atom. The lowest BCUT2D eigenvalue weighted by Gasteiger charge is -2.01. The highest BCUT2D eigenvalue weighted by molar-refractivity contribution is 7.71. The molecule has 9 heteroatoms. The molecule has 2 heterocycles. The second-order valence-electron chi connectivity index (χ2n) is 5.76. The zero-order valence-corrected chi connectivity index (χ0v) is 14.7. The molecule has 0 saturated heterocycles. The summed E-state index contributed by atoms with van der Waals surface area (Å²) in [5, 5.41) is 24.4. The summed E-state index contributed by atoms with van der Waals surface area (Å²) in [7, 11) is 0. The van der Waals surface area contributed by atoms with Crippen LogP contribution < -0.4 is 0 Å². The van der Waals surface area contributed by atoms with Crippen LogP contribution in [-0.2, 0) is 6.54 Å². The lowest BCUT2D eigenvalue weighted by Crippen LogP contribution is -2.04. The Labute approximate surface area is 158 Å². The van der Waals surface area contributed by atoms with Crippen LogP contribution in [0.2, 0.25) is 0 Å². The van der Waals surface area contributed by atoms with Crippen LogP contribution in [0, 0.1) is 21.8 Å². The van der Waals surface area contributed by atoms with Crippen molar-refractivity contribution < 1.29 is 4.39 Å². The molecular weight excluding hydrogens is 365 g/mol. The number of aromatic amines is 1. The van der Waals surface area contributed by atoms with Crippen molar-refractivity contribution in [3.8, 4) is 23.1 Å². The van der Waals surface area contributed by atoms with E-state index >= 15 is 0 Å². The minimum Gasteiger partial charge on any atom is -0.299 e. The van der Waals surface area contributed by atoms with Crippen LogP contribution in [-0.4, -0.2) is 30.0 Å². The summed E-state index contributed by atoms with van der Waals surface area (Å²) in [6, 6.07) is 15.2. The number of nitrogens with zero attached hydrogens (tertiary/aromatic N) is 6. The highest BCUT2D eigenvalue weighted by Crippen LogP contribution is 2.19. The number of nitrogens with one attached hydrogen (secondary N) is 1. The quantitative estimate of drug-likeness (QED) is 0.552. The molecule has 4 rings (SSSR count). The van der Waals surface area contributed by atoms with Gasteiger partial charge in [-0.15, -0.1) is 10.2 Å². The molecule has 0 atom stereocenters. The Balaban J connectivity index is 1.59. The van der Waals surface area contributed by atoms with Crippen LogP contribution >= 0.6 is 12.2 Å². The van der Waals surface area contributed by atoms with Crippen molar-refractivity contribution in [2.24, 2.45) is 0 Å². The molecule has 1 N–H and O–H groups in total. The van der Waals surface area contributed by atoms with Gasteiger partial charge in [-0.05, 0) is 47.2 Å². The number of benzene rings is 2. The van der Waals surface area contributed by atoms with Gasteiger partial charge in [0, 0.05) is 6.20 Å². The van der Waals surface area contributed by atoms with E-state index in [1.807, 2.05) is 12.1 Å². The minimum absolute atomic E-state index is 0.315. The topological polar surface area (TPSA) is 88.1 Å². The molecule has 0 aliphatic heterocycles. The van der Waals surface area contributed by atoms with Crippen LogP contribution in [0.25, 0.3) is 17.1 Å². The predicted octanol–water partition coefficient (Wildman–Crippen LogP) is 3.25. The van der Waals surface area contributed by atoms with E-state index in [0.717, 1.165) is 5.56 Å². The Hall–Kier alpha value is -3.64. The number of aromatic nitrogens is 6. The van der Waals surface area contributed by atoms with Gasteiger partial charge in [0.1, 0.15) is 10.5 Å². The monoisotopic (exact) mass is 377 g/mol. The molecule has 4 aromatic rings. The molecule has 0 aliphatic rings. The fraction of sp³-hybridized carbons (Fsp3) is 0.0556. The van der Waals surface area contributed by atoms with Gasteiger partial charge in [-0.3, -0.25) is 5.10 Å². The van der Waals surface area contributed by atoms with E-state index < -0.39 is 0 Å². The van der Waals surface area contributed by atoms with Gasteiger partial charge >= 0.3 is 0 Å². The maximum atomic E-state index is 13.1. The molecule has 2 aromatic carbocycles. The summed E-state index contributed by atoms with van der Waals surface area (Å²) in [4.78, 5) is 1.46. The lowest BCUT2D eigenvalue weighted by molar-refractivity contribution is 0.573. The van der Waals surface area contributed by atoms with Gasteiger partial charge in [-0.1, -0.05) is 24.4 Å². The van der Waals surface area contributed by atoms with E-state index in [-0.39, 0.29) is 5.82 Å². The van der Waals surface area contributed by atoms with Crippen molar-refractivity contribution >= 4 is 12.2 Å². The van der Waals surface area contributed by atoms with Crippen molar-refractivity contribution in [2.75, 3.05) is 0 Å². The van der Waals surface area contributed by atoms with Gasteiger partial charge < -0.3 is 0 Å². The third-order valence-electron chi connectivity index (χ3n) is 3.96. The van der Waals surface area contributed by atoms with Crippen LogP contribution in [0.1, 0.15) is 11.1 Å². The summed E-state index contributed by atoms with van der Waals surface area (Å²) in [6.45, 7) is 0.424. The fourth-order valence-electron chi connectivity index (χ4n) is 2.58. The van der Waals surface area contributed by atoms with Crippen LogP contribution in [0.15, 0.2) is 54.7 Å². The van der Waals surface area contributed by atoms with Gasteiger partial charge in [0.25, 0.3) is 0 Å². The maximum absolute atomic E-state index is 13.1. The first-order valence-electron chi connectivity index (χ1n) is 7.97. The molecule has 0 unspecified atom stereocenters. The van der Waals surface area contributed by atoms with Crippen molar-refractivity contribution in [1.82, 2.24) is 30.0 Å². The number of halogens is 1. The standard InChI is InChI=1S/C18H12FN7S/c19-14-5-7-15(8-6-14)26-18(27)16(10-21-26)17-22-24-25(23-17)11-13-3-1-12(9-20)2-4-13/h1-8,10,21H,11H2. The molecule has 2 aromatic heterocycles. The first-order valence-corrected chi connectivity index (χ1v) is 8.38. The smallest absolute Gasteiger partial charge is 0.209 e. The Morgan fingerprint density at radius 1 is 1.11 bits per heavy atom. The number of rotatable bonds is 4. The third kappa shape index (κ3) is 3.38. The van der Waals surface area contributed by atoms with Gasteiger partial charge in [0.05, 0.1) is 29.4 Å². The summed E-state index contributed by atoms with van der Waals surface area (Å²) < 4.78 is 15.2. The summed E-state index contributed by atoms with van der Waals surface area (Å²) in [5.74, 6) is 0.0789. The highest BCUT2D eigenvalue weighted by atomic mass is 32.1. The molecule has 27 heavy (non-hydrogen) atoms. The molecular formula is C18H12FN7S. The third-order valence-corrected chi connectivity index (χ3v) is 4.36. The van der Waals surface area contributed by atoms with Crippen molar-refractivity contribution in [2.45, 2.75) is 6.54 Å². The number of hydrogen-bond donors (Lipinski definition) is 1. The zero-order chi connectivity index (χ0) is 18.8. The van der Waals surface area contributed by atoms with Crippen molar-refractivity contribution in [1.29, 1.82) is 5.26 Å². The van der Waals surface area contributed by atoms with E-state index in [1.165, 1.54) is 16.9 Å². The van der Waals surface area contributed by atoms with Crippen molar-refractivity contribution in [3.05, 3.63) is 76.3 Å². The Bertz CT molecular complexity index is 1180. The van der Waals surface area contributed by atoms with E-state index in [9.17, 15) is 4.39 Å². The molecule has 0 spiro atoms. The van der Waals surface area contributed by atoms with Gasteiger partial charge in [-0.25, -0.2) is 9.07 Å². The van der Waals surface area contributed by atoms with E-state index in [1.54, 1.807) is 35.1 Å². The van der Waals surface area contributed by atoms with Crippen LogP contribution in [0.3, 0.4) is 0 Å². The summed E-state index contributed by atoms with van der Waals surface area (Å²) in [5.41, 5.74) is 2.88. The predicted molar refractivity (Wildman–Crippen MR) is 98.0 cm³/mol. The second kappa shape index (κ2) is 6.93. The zero-order valence-electron chi connectivity index (χ0n) is 13.9. The number of nitriles is 1. The first-order chi connectivity index (χ1) is 13.1. The minimum atomic E-state index is -0.315. The average Bonchev–Trinajstić information content (AvgIpc) is 3.29. The van der Waals surface area contributed by atoms with E-state index in [2.05, 4.69) is 26.6 Å². The Morgan fingerprint density at radius 2 is 1.85 bits per heavy atom. The summed E-state index contributed by atoms with van der Waals surface area (Å²) >= 11 is 5.48.